The van der Waals surface area contributed by atoms with Crippen LogP contribution in [0.25, 0.3) is 0 Å². The highest BCUT2D eigenvalue weighted by Gasteiger charge is 2.19. The van der Waals surface area contributed by atoms with Crippen molar-refractivity contribution in [1.82, 2.24) is 15.1 Å². The van der Waals surface area contributed by atoms with Crippen LogP contribution < -0.4 is 14.8 Å². The van der Waals surface area contributed by atoms with Gasteiger partial charge in [0.25, 0.3) is 5.91 Å². The summed E-state index contributed by atoms with van der Waals surface area (Å²) in [6, 6.07) is 6.79. The van der Waals surface area contributed by atoms with E-state index in [2.05, 4.69) is 15.5 Å². The minimum Gasteiger partial charge on any atom is -0.495 e. The molecule has 0 unspecified atom stereocenters. The summed E-state index contributed by atoms with van der Waals surface area (Å²) in [6.07, 6.45) is 4.42. The quantitative estimate of drug-likeness (QED) is 0.834. The number of methoxy groups -OCH3 is 2. The van der Waals surface area contributed by atoms with Crippen LogP contribution in [0.3, 0.4) is 0 Å². The van der Waals surface area contributed by atoms with E-state index in [1.807, 2.05) is 4.90 Å². The van der Waals surface area contributed by atoms with Crippen LogP contribution in [0.1, 0.15) is 36.2 Å². The second-order valence-electron chi connectivity index (χ2n) is 6.32. The zero-order chi connectivity index (χ0) is 19.2. The largest absolute Gasteiger partial charge is 0.495 e. The Bertz CT molecular complexity index is 790. The molecule has 1 aliphatic heterocycles. The van der Waals surface area contributed by atoms with E-state index in [0.717, 1.165) is 25.9 Å². The molecule has 0 atom stereocenters. The van der Waals surface area contributed by atoms with Crippen LogP contribution in [0.2, 0.25) is 5.02 Å². The fourth-order valence-electron chi connectivity index (χ4n) is 3.04. The van der Waals surface area contributed by atoms with E-state index in [4.69, 9.17) is 21.1 Å². The molecule has 8 heteroatoms. The lowest BCUT2D eigenvalue weighted by Gasteiger charge is -2.19. The number of ether oxygens (including phenoxy) is 2. The Hall–Kier alpha value is -2.54. The van der Waals surface area contributed by atoms with E-state index >= 15 is 0 Å². The van der Waals surface area contributed by atoms with Gasteiger partial charge in [-0.3, -0.25) is 4.79 Å². The summed E-state index contributed by atoms with van der Waals surface area (Å²) in [6.45, 7) is 1.56. The predicted molar refractivity (Wildman–Crippen MR) is 104 cm³/mol. The molecule has 2 heterocycles. The Morgan fingerprint density at radius 1 is 1.04 bits per heavy atom. The average molecular weight is 391 g/mol. The van der Waals surface area contributed by atoms with Gasteiger partial charge >= 0.3 is 0 Å². The first-order valence-electron chi connectivity index (χ1n) is 8.94. The Labute approximate surface area is 163 Å². The summed E-state index contributed by atoms with van der Waals surface area (Å²) in [4.78, 5) is 14.5. The number of nitrogens with one attached hydrogen (secondary N) is 1. The molecule has 144 valence electrons. The molecular weight excluding hydrogens is 368 g/mol. The molecule has 3 rings (SSSR count). The molecule has 7 nitrogen and oxygen atoms in total. The van der Waals surface area contributed by atoms with E-state index in [1.54, 1.807) is 38.5 Å². The van der Waals surface area contributed by atoms with Crippen molar-refractivity contribution < 1.29 is 14.3 Å². The van der Waals surface area contributed by atoms with E-state index in [9.17, 15) is 4.79 Å². The van der Waals surface area contributed by atoms with Crippen molar-refractivity contribution in [3.05, 3.63) is 35.0 Å². The van der Waals surface area contributed by atoms with Gasteiger partial charge in [0.15, 0.2) is 11.5 Å². The molecule has 1 amide bonds. The lowest BCUT2D eigenvalue weighted by Crippen LogP contribution is -2.32. The molecule has 0 radical (unpaired) electrons. The van der Waals surface area contributed by atoms with Crippen molar-refractivity contribution in [2.24, 2.45) is 0 Å². The molecule has 0 aliphatic carbocycles. The lowest BCUT2D eigenvalue weighted by atomic mass is 10.2. The van der Waals surface area contributed by atoms with Gasteiger partial charge in [0, 0.05) is 25.2 Å². The van der Waals surface area contributed by atoms with E-state index in [0.29, 0.717) is 33.7 Å². The molecule has 1 aliphatic rings. The number of rotatable bonds is 5. The third kappa shape index (κ3) is 4.60. The maximum absolute atomic E-state index is 12.6. The fraction of sp³-hybridized carbons (Fsp3) is 0.421. The standard InChI is InChI=1S/C19H23ClN4O3/c1-26-16-12-15(17(27-2)11-13(16)20)21-18-8-7-14(22-23-18)19(25)24-9-5-3-4-6-10-24/h7-8,11-12H,3-6,9-10H2,1-2H3,(H,21,23). The first-order chi connectivity index (χ1) is 13.1. The number of benzene rings is 1. The Balaban J connectivity index is 1.75. The van der Waals surface area contributed by atoms with Crippen LogP contribution in [0.4, 0.5) is 11.5 Å². The third-order valence-corrected chi connectivity index (χ3v) is 4.81. The maximum Gasteiger partial charge on any atom is 0.274 e. The molecule has 0 spiro atoms. The zero-order valence-corrected chi connectivity index (χ0v) is 16.3. The summed E-state index contributed by atoms with van der Waals surface area (Å²) in [7, 11) is 3.10. The van der Waals surface area contributed by atoms with Crippen molar-refractivity contribution in [2.75, 3.05) is 32.6 Å². The number of hydrogen-bond donors (Lipinski definition) is 1. The normalized spacial score (nSPS) is 14.4. The second-order valence-corrected chi connectivity index (χ2v) is 6.73. The highest BCUT2D eigenvalue weighted by molar-refractivity contribution is 6.32. The summed E-state index contributed by atoms with van der Waals surface area (Å²) >= 11 is 6.12. The number of hydrogen-bond acceptors (Lipinski definition) is 6. The summed E-state index contributed by atoms with van der Waals surface area (Å²) in [5.41, 5.74) is 0.989. The number of anilines is 2. The second kappa shape index (κ2) is 8.90. The molecule has 1 fully saturated rings. The molecule has 1 N–H and O–H groups in total. The van der Waals surface area contributed by atoms with Gasteiger partial charge < -0.3 is 19.7 Å². The number of amides is 1. The Morgan fingerprint density at radius 2 is 1.74 bits per heavy atom. The molecule has 2 aromatic rings. The van der Waals surface area contributed by atoms with Crippen LogP contribution in [0.5, 0.6) is 11.5 Å². The molecule has 1 aromatic heterocycles. The average Bonchev–Trinajstić information content (AvgIpc) is 2.98. The third-order valence-electron chi connectivity index (χ3n) is 4.51. The Kier molecular flexibility index (Phi) is 6.34. The number of carbonyl (C=O) groups excluding carboxylic acids is 1. The smallest absolute Gasteiger partial charge is 0.274 e. The van der Waals surface area contributed by atoms with E-state index < -0.39 is 0 Å². The molecule has 27 heavy (non-hydrogen) atoms. The first kappa shape index (κ1) is 19.2. The molecule has 0 bridgehead atoms. The number of carbonyl (C=O) groups is 1. The first-order valence-corrected chi connectivity index (χ1v) is 9.31. The Morgan fingerprint density at radius 3 is 2.33 bits per heavy atom. The summed E-state index contributed by atoms with van der Waals surface area (Å²) < 4.78 is 10.6. The van der Waals surface area contributed by atoms with Gasteiger partial charge in [-0.2, -0.15) is 0 Å². The van der Waals surface area contributed by atoms with Gasteiger partial charge in [-0.05, 0) is 25.0 Å². The number of nitrogens with zero attached hydrogens (tertiary/aromatic N) is 3. The fourth-order valence-corrected chi connectivity index (χ4v) is 3.28. The van der Waals surface area contributed by atoms with E-state index in [1.165, 1.54) is 12.8 Å². The highest BCUT2D eigenvalue weighted by atomic mass is 35.5. The maximum atomic E-state index is 12.6. The van der Waals surface area contributed by atoms with Gasteiger partial charge in [-0.25, -0.2) is 0 Å². The minimum atomic E-state index is -0.0679. The predicted octanol–water partition coefficient (Wildman–Crippen LogP) is 3.91. The van der Waals surface area contributed by atoms with Crippen molar-refractivity contribution in [1.29, 1.82) is 0 Å². The van der Waals surface area contributed by atoms with Crippen LogP contribution in [0.15, 0.2) is 24.3 Å². The van der Waals surface area contributed by atoms with Crippen LogP contribution >= 0.6 is 11.6 Å². The van der Waals surface area contributed by atoms with Crippen LogP contribution in [-0.2, 0) is 0 Å². The topological polar surface area (TPSA) is 76.6 Å². The van der Waals surface area contributed by atoms with Crippen LogP contribution in [0, 0.1) is 0 Å². The van der Waals surface area contributed by atoms with Gasteiger partial charge in [0.2, 0.25) is 0 Å². The van der Waals surface area contributed by atoms with Crippen LogP contribution in [-0.4, -0.2) is 48.3 Å². The van der Waals surface area contributed by atoms with Crippen molar-refractivity contribution in [3.63, 3.8) is 0 Å². The molecule has 0 saturated carbocycles. The van der Waals surface area contributed by atoms with Crippen molar-refractivity contribution >= 4 is 29.0 Å². The van der Waals surface area contributed by atoms with E-state index in [-0.39, 0.29) is 5.91 Å². The molecule has 1 aromatic carbocycles. The van der Waals surface area contributed by atoms with Crippen molar-refractivity contribution in [2.45, 2.75) is 25.7 Å². The monoisotopic (exact) mass is 390 g/mol. The summed E-state index contributed by atoms with van der Waals surface area (Å²) in [5.74, 6) is 1.49. The van der Waals surface area contributed by atoms with Crippen molar-refractivity contribution in [3.8, 4) is 11.5 Å². The summed E-state index contributed by atoms with van der Waals surface area (Å²) in [5, 5.41) is 11.8. The van der Waals surface area contributed by atoms with Gasteiger partial charge in [0.1, 0.15) is 11.5 Å². The lowest BCUT2D eigenvalue weighted by molar-refractivity contribution is 0.0754. The van der Waals surface area contributed by atoms with Gasteiger partial charge in [-0.1, -0.05) is 24.4 Å². The molecular formula is C19H23ClN4O3. The highest BCUT2D eigenvalue weighted by Crippen LogP contribution is 2.37. The number of likely N-dealkylation sites (tertiary alicyclic amines) is 1. The number of aromatic nitrogens is 2. The number of halogens is 1. The zero-order valence-electron chi connectivity index (χ0n) is 15.5. The minimum absolute atomic E-state index is 0.0679. The van der Waals surface area contributed by atoms with Gasteiger partial charge in [-0.15, -0.1) is 10.2 Å². The van der Waals surface area contributed by atoms with Gasteiger partial charge in [0.05, 0.1) is 24.9 Å². The SMILES string of the molecule is COc1cc(Nc2ccc(C(=O)N3CCCCCC3)nn2)c(OC)cc1Cl. The molecule has 1 saturated heterocycles.